The predicted molar refractivity (Wildman–Crippen MR) is 47.6 cm³/mol. The molecule has 1 rings (SSSR count). The molecule has 0 bridgehead atoms. The SMILES string of the molecule is CC(N)c1cccc(C(N)=O)c1. The largest absolute Gasteiger partial charge is 0.366 e. The van der Waals surface area contributed by atoms with Crippen LogP contribution in [0.3, 0.4) is 0 Å². The first-order valence-electron chi connectivity index (χ1n) is 3.76. The number of carbonyl (C=O) groups is 1. The smallest absolute Gasteiger partial charge is 0.248 e. The third kappa shape index (κ3) is 1.83. The van der Waals surface area contributed by atoms with Crippen molar-refractivity contribution in [3.63, 3.8) is 0 Å². The van der Waals surface area contributed by atoms with E-state index >= 15 is 0 Å². The molecule has 0 radical (unpaired) electrons. The predicted octanol–water partition coefficient (Wildman–Crippen LogP) is 0.805. The van der Waals surface area contributed by atoms with E-state index in [0.717, 1.165) is 5.56 Å². The lowest BCUT2D eigenvalue weighted by Gasteiger charge is -2.05. The summed E-state index contributed by atoms with van der Waals surface area (Å²) in [6.07, 6.45) is 0. The number of rotatable bonds is 2. The minimum absolute atomic E-state index is 0.0655. The quantitative estimate of drug-likeness (QED) is 0.679. The summed E-state index contributed by atoms with van der Waals surface area (Å²) >= 11 is 0. The third-order valence-electron chi connectivity index (χ3n) is 1.70. The van der Waals surface area contributed by atoms with Crippen molar-refractivity contribution < 1.29 is 4.79 Å². The van der Waals surface area contributed by atoms with Crippen molar-refractivity contribution in [1.82, 2.24) is 0 Å². The number of primary amides is 1. The van der Waals surface area contributed by atoms with Crippen LogP contribution in [0, 0.1) is 0 Å². The Morgan fingerprint density at radius 1 is 1.50 bits per heavy atom. The first-order chi connectivity index (χ1) is 5.61. The van der Waals surface area contributed by atoms with E-state index < -0.39 is 5.91 Å². The molecule has 1 unspecified atom stereocenters. The van der Waals surface area contributed by atoms with Gasteiger partial charge in [-0.15, -0.1) is 0 Å². The Labute approximate surface area is 71.4 Å². The van der Waals surface area contributed by atoms with Crippen LogP contribution < -0.4 is 11.5 Å². The molecule has 0 aliphatic carbocycles. The maximum Gasteiger partial charge on any atom is 0.248 e. The van der Waals surface area contributed by atoms with Crippen molar-refractivity contribution in [3.8, 4) is 0 Å². The molecule has 0 fully saturated rings. The molecule has 0 aliphatic rings. The fourth-order valence-electron chi connectivity index (χ4n) is 0.975. The maximum atomic E-state index is 10.8. The first kappa shape index (κ1) is 8.74. The summed E-state index contributed by atoms with van der Waals surface area (Å²) in [5.41, 5.74) is 12.2. The zero-order valence-electron chi connectivity index (χ0n) is 6.95. The van der Waals surface area contributed by atoms with E-state index in [0.29, 0.717) is 5.56 Å². The molecule has 3 heteroatoms. The van der Waals surface area contributed by atoms with Crippen molar-refractivity contribution in [2.45, 2.75) is 13.0 Å². The molecule has 0 aliphatic heterocycles. The molecule has 1 atom stereocenters. The Hall–Kier alpha value is -1.35. The molecule has 0 saturated heterocycles. The Balaban J connectivity index is 3.04. The van der Waals surface area contributed by atoms with E-state index in [-0.39, 0.29) is 6.04 Å². The van der Waals surface area contributed by atoms with Gasteiger partial charge in [-0.1, -0.05) is 12.1 Å². The average molecular weight is 164 g/mol. The molecule has 3 nitrogen and oxygen atoms in total. The highest BCUT2D eigenvalue weighted by molar-refractivity contribution is 5.92. The van der Waals surface area contributed by atoms with Crippen LogP contribution >= 0.6 is 0 Å². The Kier molecular flexibility index (Phi) is 2.45. The number of carbonyl (C=O) groups excluding carboxylic acids is 1. The molecular formula is C9H12N2O. The second kappa shape index (κ2) is 3.36. The molecule has 0 spiro atoms. The van der Waals surface area contributed by atoms with E-state index in [1.807, 2.05) is 13.0 Å². The van der Waals surface area contributed by atoms with Gasteiger partial charge in [-0.2, -0.15) is 0 Å². The van der Waals surface area contributed by atoms with Crippen molar-refractivity contribution in [2.75, 3.05) is 0 Å². The van der Waals surface area contributed by atoms with Gasteiger partial charge in [-0.3, -0.25) is 4.79 Å². The van der Waals surface area contributed by atoms with Gasteiger partial charge in [0, 0.05) is 11.6 Å². The van der Waals surface area contributed by atoms with Crippen LogP contribution in [0.5, 0.6) is 0 Å². The molecule has 64 valence electrons. The summed E-state index contributed by atoms with van der Waals surface area (Å²) in [7, 11) is 0. The lowest BCUT2D eigenvalue weighted by Crippen LogP contribution is -2.12. The van der Waals surface area contributed by atoms with E-state index in [1.54, 1.807) is 18.2 Å². The first-order valence-corrected chi connectivity index (χ1v) is 3.76. The Bertz CT molecular complexity index is 294. The lowest BCUT2D eigenvalue weighted by atomic mass is 10.1. The highest BCUT2D eigenvalue weighted by Gasteiger charge is 2.03. The van der Waals surface area contributed by atoms with Gasteiger partial charge in [0.05, 0.1) is 0 Å². The van der Waals surface area contributed by atoms with Gasteiger partial charge in [0.25, 0.3) is 0 Å². The minimum atomic E-state index is -0.419. The normalized spacial score (nSPS) is 12.5. The fraction of sp³-hybridized carbons (Fsp3) is 0.222. The van der Waals surface area contributed by atoms with Crippen LogP contribution in [0.4, 0.5) is 0 Å². The molecule has 12 heavy (non-hydrogen) atoms. The topological polar surface area (TPSA) is 69.1 Å². The fourth-order valence-corrected chi connectivity index (χ4v) is 0.975. The third-order valence-corrected chi connectivity index (χ3v) is 1.70. The molecule has 4 N–H and O–H groups in total. The van der Waals surface area contributed by atoms with Gasteiger partial charge in [-0.05, 0) is 24.6 Å². The Morgan fingerprint density at radius 3 is 2.67 bits per heavy atom. The zero-order chi connectivity index (χ0) is 9.14. The van der Waals surface area contributed by atoms with Crippen molar-refractivity contribution in [2.24, 2.45) is 11.5 Å². The minimum Gasteiger partial charge on any atom is -0.366 e. The molecule has 1 aromatic rings. The van der Waals surface area contributed by atoms with E-state index in [4.69, 9.17) is 11.5 Å². The molecule has 0 saturated carbocycles. The Morgan fingerprint density at radius 2 is 2.17 bits per heavy atom. The maximum absolute atomic E-state index is 10.8. The van der Waals surface area contributed by atoms with Crippen LogP contribution in [0.25, 0.3) is 0 Å². The van der Waals surface area contributed by atoms with Gasteiger partial charge in [0.2, 0.25) is 5.91 Å². The molecule has 1 amide bonds. The van der Waals surface area contributed by atoms with Gasteiger partial charge >= 0.3 is 0 Å². The number of nitrogens with two attached hydrogens (primary N) is 2. The molecule has 0 aromatic heterocycles. The van der Waals surface area contributed by atoms with Crippen LogP contribution in [-0.4, -0.2) is 5.91 Å². The van der Waals surface area contributed by atoms with Crippen LogP contribution in [0.15, 0.2) is 24.3 Å². The van der Waals surface area contributed by atoms with Crippen molar-refractivity contribution in [1.29, 1.82) is 0 Å². The van der Waals surface area contributed by atoms with E-state index in [9.17, 15) is 4.79 Å². The average Bonchev–Trinajstić information content (AvgIpc) is 2.04. The number of benzene rings is 1. The van der Waals surface area contributed by atoms with Crippen molar-refractivity contribution >= 4 is 5.91 Å². The highest BCUT2D eigenvalue weighted by Crippen LogP contribution is 2.10. The number of amides is 1. The van der Waals surface area contributed by atoms with E-state index in [1.165, 1.54) is 0 Å². The van der Waals surface area contributed by atoms with Gasteiger partial charge in [0.15, 0.2) is 0 Å². The lowest BCUT2D eigenvalue weighted by molar-refractivity contribution is 0.1000. The van der Waals surface area contributed by atoms with Gasteiger partial charge < -0.3 is 11.5 Å². The standard InChI is InChI=1S/C9H12N2O/c1-6(10)7-3-2-4-8(5-7)9(11)12/h2-6H,10H2,1H3,(H2,11,12). The second-order valence-corrected chi connectivity index (χ2v) is 2.78. The van der Waals surface area contributed by atoms with Gasteiger partial charge in [0.1, 0.15) is 0 Å². The molecular weight excluding hydrogens is 152 g/mol. The monoisotopic (exact) mass is 164 g/mol. The molecule has 1 aromatic carbocycles. The summed E-state index contributed by atoms with van der Waals surface area (Å²) in [5.74, 6) is -0.419. The summed E-state index contributed by atoms with van der Waals surface area (Å²) in [6.45, 7) is 1.86. The van der Waals surface area contributed by atoms with Crippen molar-refractivity contribution in [3.05, 3.63) is 35.4 Å². The molecule has 0 heterocycles. The van der Waals surface area contributed by atoms with Gasteiger partial charge in [-0.25, -0.2) is 0 Å². The van der Waals surface area contributed by atoms with E-state index in [2.05, 4.69) is 0 Å². The summed E-state index contributed by atoms with van der Waals surface area (Å²) in [6, 6.07) is 6.97. The van der Waals surface area contributed by atoms with Crippen LogP contribution in [-0.2, 0) is 0 Å². The van der Waals surface area contributed by atoms with Crippen LogP contribution in [0.2, 0.25) is 0 Å². The highest BCUT2D eigenvalue weighted by atomic mass is 16.1. The second-order valence-electron chi connectivity index (χ2n) is 2.78. The summed E-state index contributed by atoms with van der Waals surface area (Å²) < 4.78 is 0. The van der Waals surface area contributed by atoms with Crippen LogP contribution in [0.1, 0.15) is 28.9 Å². The summed E-state index contributed by atoms with van der Waals surface area (Å²) in [4.78, 5) is 10.8. The number of hydrogen-bond donors (Lipinski definition) is 2. The zero-order valence-corrected chi connectivity index (χ0v) is 6.95. The number of hydrogen-bond acceptors (Lipinski definition) is 2. The summed E-state index contributed by atoms with van der Waals surface area (Å²) in [5, 5.41) is 0.